The van der Waals surface area contributed by atoms with Crippen LogP contribution in [0, 0.1) is 11.8 Å². The number of aromatic nitrogens is 1. The summed E-state index contributed by atoms with van der Waals surface area (Å²) in [6, 6.07) is 5.13. The van der Waals surface area contributed by atoms with Crippen molar-refractivity contribution in [1.82, 2.24) is 25.2 Å². The van der Waals surface area contributed by atoms with Gasteiger partial charge in [-0.3, -0.25) is 23.9 Å². The van der Waals surface area contributed by atoms with Gasteiger partial charge in [0.05, 0.1) is 18.9 Å². The molecule has 1 aliphatic heterocycles. The van der Waals surface area contributed by atoms with Crippen molar-refractivity contribution in [2.24, 2.45) is 11.8 Å². The lowest BCUT2D eigenvalue weighted by Crippen LogP contribution is -2.59. The maximum atomic E-state index is 14.0. The van der Waals surface area contributed by atoms with Gasteiger partial charge < -0.3 is 25.0 Å². The normalized spacial score (nSPS) is 24.5. The maximum absolute atomic E-state index is 14.0. The smallest absolute Gasteiger partial charge is 0.259 e. The summed E-state index contributed by atoms with van der Waals surface area (Å²) in [6.07, 6.45) is 4.58. The summed E-state index contributed by atoms with van der Waals surface area (Å²) in [4.78, 5) is 59.2. The second-order valence-corrected chi connectivity index (χ2v) is 14.3. The van der Waals surface area contributed by atoms with Crippen LogP contribution in [-0.4, -0.2) is 84.6 Å². The van der Waals surface area contributed by atoms with Gasteiger partial charge in [0.25, 0.3) is 5.91 Å². The number of fused-ring (bicyclic) bond motifs is 1. The molecule has 0 bridgehead atoms. The lowest BCUT2D eigenvalue weighted by atomic mass is 10.0. The molecule has 5 unspecified atom stereocenters. The number of nitrogens with one attached hydrogen (secondary N) is 3. The molecule has 2 saturated carbocycles. The quantitative estimate of drug-likeness (QED) is 0.214. The van der Waals surface area contributed by atoms with Gasteiger partial charge in [0.15, 0.2) is 0 Å². The largest absolute Gasteiger partial charge is 0.497 e. The average Bonchev–Trinajstić information content (AvgIpc) is 3.96. The molecule has 0 spiro atoms. The Kier molecular flexibility index (Phi) is 9.12. The summed E-state index contributed by atoms with van der Waals surface area (Å²) in [5, 5.41) is 6.29. The second kappa shape index (κ2) is 12.7. The van der Waals surface area contributed by atoms with Crippen LogP contribution in [0.4, 0.5) is 0 Å². The molecule has 5 atom stereocenters. The van der Waals surface area contributed by atoms with Gasteiger partial charge in [-0.2, -0.15) is 0 Å². The van der Waals surface area contributed by atoms with Gasteiger partial charge in [0.2, 0.25) is 33.6 Å². The van der Waals surface area contributed by atoms with Crippen molar-refractivity contribution in [1.29, 1.82) is 0 Å². The maximum Gasteiger partial charge on any atom is 0.259 e. The van der Waals surface area contributed by atoms with Crippen LogP contribution in [-0.2, 0) is 29.2 Å². The molecule has 2 aromatic rings. The molecule has 246 valence electrons. The highest BCUT2D eigenvalue weighted by Gasteiger charge is 2.62. The van der Waals surface area contributed by atoms with Crippen molar-refractivity contribution >= 4 is 44.4 Å². The minimum Gasteiger partial charge on any atom is -0.497 e. The Hall–Kier alpha value is -4.46. The van der Waals surface area contributed by atoms with Crippen molar-refractivity contribution in [3.05, 3.63) is 55.8 Å². The SMILES string of the molecule is C=CC(=O)NC(C(=O)N1CC(Oc2nccc3cc(OC)ccc23)CC1C(=O)NC1(C(=O)NS(=O)(=O)C2CC2)CC1C=C)C(C)C. The Bertz CT molecular complexity index is 1690. The minimum atomic E-state index is -3.87. The van der Waals surface area contributed by atoms with E-state index in [0.29, 0.717) is 29.9 Å². The summed E-state index contributed by atoms with van der Waals surface area (Å²) >= 11 is 0. The molecular formula is C32H39N5O8S. The molecular weight excluding hydrogens is 614 g/mol. The van der Waals surface area contributed by atoms with E-state index < -0.39 is 68.5 Å². The number of hydrogen-bond acceptors (Lipinski definition) is 9. The molecule has 4 amide bonds. The van der Waals surface area contributed by atoms with Crippen molar-refractivity contribution in [2.75, 3.05) is 13.7 Å². The van der Waals surface area contributed by atoms with E-state index in [4.69, 9.17) is 9.47 Å². The number of hydrogen-bond donors (Lipinski definition) is 3. The Balaban J connectivity index is 1.42. The van der Waals surface area contributed by atoms with Crippen molar-refractivity contribution in [3.63, 3.8) is 0 Å². The number of benzene rings is 1. The molecule has 5 rings (SSSR count). The number of sulfonamides is 1. The van der Waals surface area contributed by atoms with Gasteiger partial charge in [0, 0.05) is 23.9 Å². The fourth-order valence-corrected chi connectivity index (χ4v) is 7.17. The van der Waals surface area contributed by atoms with E-state index in [9.17, 15) is 27.6 Å². The molecule has 13 nitrogen and oxygen atoms in total. The number of rotatable bonds is 13. The molecule has 1 aromatic carbocycles. The number of amides is 4. The Morgan fingerprint density at radius 2 is 1.89 bits per heavy atom. The lowest BCUT2D eigenvalue weighted by Gasteiger charge is -2.31. The van der Waals surface area contributed by atoms with E-state index in [1.807, 2.05) is 6.07 Å². The number of pyridine rings is 1. The first-order valence-electron chi connectivity index (χ1n) is 15.2. The van der Waals surface area contributed by atoms with Gasteiger partial charge in [-0.05, 0) is 60.9 Å². The Morgan fingerprint density at radius 3 is 2.50 bits per heavy atom. The molecule has 1 aromatic heterocycles. The van der Waals surface area contributed by atoms with Crippen molar-refractivity contribution < 1.29 is 37.1 Å². The predicted molar refractivity (Wildman–Crippen MR) is 169 cm³/mol. The number of ether oxygens (including phenoxy) is 2. The lowest BCUT2D eigenvalue weighted by molar-refractivity contribution is -0.142. The standard InChI is InChI=1S/C32H39N5O8S/c1-6-20-16-32(20,31(41)36-46(42,43)23-9-10-23)35-28(39)25-15-22(17-37(25)30(40)27(18(3)4)34-26(38)7-2)45-29-24-11-8-21(44-5)14-19(24)12-13-33-29/h6-8,11-14,18,20,22-23,25,27H,1-2,9-10,15-17H2,3-5H3,(H,34,38)(H,35,39)(H,36,41). The molecule has 0 radical (unpaired) electrons. The Labute approximate surface area is 267 Å². The topological polar surface area (TPSA) is 173 Å². The highest BCUT2D eigenvalue weighted by Crippen LogP contribution is 2.45. The minimum absolute atomic E-state index is 0.0154. The van der Waals surface area contributed by atoms with Crippen molar-refractivity contribution in [2.45, 2.75) is 68.5 Å². The fourth-order valence-electron chi connectivity index (χ4n) is 5.81. The first-order chi connectivity index (χ1) is 21.8. The third-order valence-corrected chi connectivity index (χ3v) is 10.5. The van der Waals surface area contributed by atoms with E-state index in [-0.39, 0.29) is 25.3 Å². The first-order valence-corrected chi connectivity index (χ1v) is 16.7. The number of carbonyl (C=O) groups is 4. The third kappa shape index (κ3) is 6.57. The van der Waals surface area contributed by atoms with Crippen LogP contribution in [0.5, 0.6) is 11.6 Å². The number of methoxy groups -OCH3 is 1. The van der Waals surface area contributed by atoms with Gasteiger partial charge in [-0.25, -0.2) is 13.4 Å². The van der Waals surface area contributed by atoms with Crippen LogP contribution in [0.25, 0.3) is 10.8 Å². The first kappa shape index (κ1) is 32.9. The average molecular weight is 654 g/mol. The zero-order valence-corrected chi connectivity index (χ0v) is 26.8. The van der Waals surface area contributed by atoms with E-state index in [1.165, 1.54) is 11.0 Å². The molecule has 3 fully saturated rings. The van der Waals surface area contributed by atoms with Gasteiger partial charge in [-0.15, -0.1) is 6.58 Å². The third-order valence-electron chi connectivity index (χ3n) is 8.73. The summed E-state index contributed by atoms with van der Waals surface area (Å²) in [5.41, 5.74) is -1.53. The summed E-state index contributed by atoms with van der Waals surface area (Å²) < 4.78 is 38.9. The molecule has 2 heterocycles. The number of likely N-dealkylation sites (tertiary alicyclic amines) is 1. The van der Waals surface area contributed by atoms with Crippen molar-refractivity contribution in [3.8, 4) is 11.6 Å². The van der Waals surface area contributed by atoms with E-state index >= 15 is 0 Å². The molecule has 1 saturated heterocycles. The molecule has 3 N–H and O–H groups in total. The monoisotopic (exact) mass is 653 g/mol. The summed E-state index contributed by atoms with van der Waals surface area (Å²) in [7, 11) is -2.31. The Morgan fingerprint density at radius 1 is 1.15 bits per heavy atom. The van der Waals surface area contributed by atoms with Crippen LogP contribution in [0.1, 0.15) is 39.5 Å². The van der Waals surface area contributed by atoms with E-state index in [2.05, 4.69) is 33.5 Å². The zero-order valence-electron chi connectivity index (χ0n) is 26.0. The summed E-state index contributed by atoms with van der Waals surface area (Å²) in [6.45, 7) is 10.7. The highest BCUT2D eigenvalue weighted by atomic mass is 32.2. The van der Waals surface area contributed by atoms with Crippen LogP contribution in [0.15, 0.2) is 55.8 Å². The second-order valence-electron chi connectivity index (χ2n) is 12.3. The van der Waals surface area contributed by atoms with E-state index in [0.717, 1.165) is 11.5 Å². The number of nitrogens with zero attached hydrogens (tertiary/aromatic N) is 2. The molecule has 3 aliphatic rings. The molecule has 2 aliphatic carbocycles. The molecule has 14 heteroatoms. The predicted octanol–water partition coefficient (Wildman–Crippen LogP) is 1.59. The van der Waals surface area contributed by atoms with Crippen LogP contribution in [0.2, 0.25) is 0 Å². The summed E-state index contributed by atoms with van der Waals surface area (Å²) in [5.74, 6) is -2.45. The van der Waals surface area contributed by atoms with Crippen LogP contribution in [0.3, 0.4) is 0 Å². The molecule has 46 heavy (non-hydrogen) atoms. The van der Waals surface area contributed by atoms with Gasteiger partial charge >= 0.3 is 0 Å². The highest BCUT2D eigenvalue weighted by molar-refractivity contribution is 7.91. The van der Waals surface area contributed by atoms with Gasteiger partial charge in [-0.1, -0.05) is 26.5 Å². The fraction of sp³-hybridized carbons (Fsp3) is 0.469. The van der Waals surface area contributed by atoms with Gasteiger partial charge in [0.1, 0.15) is 29.5 Å². The number of carbonyl (C=O) groups excluding carboxylic acids is 4. The van der Waals surface area contributed by atoms with Crippen LogP contribution < -0.4 is 24.8 Å². The van der Waals surface area contributed by atoms with Crippen LogP contribution >= 0.6 is 0 Å². The zero-order chi connectivity index (χ0) is 33.4. The van der Waals surface area contributed by atoms with E-state index in [1.54, 1.807) is 45.4 Å².